The topological polar surface area (TPSA) is 85.1 Å². The van der Waals surface area contributed by atoms with Crippen LogP contribution in [0.3, 0.4) is 0 Å². The molecule has 3 rings (SSSR count). The van der Waals surface area contributed by atoms with Crippen molar-refractivity contribution in [2.75, 3.05) is 0 Å². The van der Waals surface area contributed by atoms with E-state index < -0.39 is 4.92 Å². The average Bonchev–Trinajstić information content (AvgIpc) is 3.02. The Kier molecular flexibility index (Phi) is 5.38. The van der Waals surface area contributed by atoms with Crippen LogP contribution in [0, 0.1) is 17.0 Å². The number of nitrogens with zero attached hydrogens (tertiary/aromatic N) is 2. The first-order valence-electron chi connectivity index (χ1n) is 8.04. The summed E-state index contributed by atoms with van der Waals surface area (Å²) in [6.45, 7) is 2.35. The van der Waals surface area contributed by atoms with Gasteiger partial charge in [-0.15, -0.1) is 11.3 Å². The SMILES string of the molecule is Cc1nc(-c2ccccc2)sc1CNC(=O)Cc1ccc([N+](=O)[O-])cc1. The number of aromatic nitrogens is 1. The van der Waals surface area contributed by atoms with E-state index in [2.05, 4.69) is 10.3 Å². The number of hydrogen-bond acceptors (Lipinski definition) is 5. The average molecular weight is 367 g/mol. The number of aryl methyl sites for hydroxylation is 1. The lowest BCUT2D eigenvalue weighted by Crippen LogP contribution is -2.24. The van der Waals surface area contributed by atoms with Gasteiger partial charge in [0.05, 0.1) is 23.6 Å². The molecule has 3 aromatic rings. The van der Waals surface area contributed by atoms with E-state index in [1.165, 1.54) is 12.1 Å². The van der Waals surface area contributed by atoms with Crippen LogP contribution in [-0.4, -0.2) is 15.8 Å². The van der Waals surface area contributed by atoms with Crippen LogP contribution in [0.15, 0.2) is 54.6 Å². The molecule has 0 aliphatic carbocycles. The standard InChI is InChI=1S/C19H17N3O3S/c1-13-17(26-19(21-13)15-5-3-2-4-6-15)12-20-18(23)11-14-7-9-16(10-8-14)22(24)25/h2-10H,11-12H2,1H3,(H,20,23). The zero-order valence-corrected chi connectivity index (χ0v) is 15.0. The summed E-state index contributed by atoms with van der Waals surface area (Å²) in [5.74, 6) is -0.132. The van der Waals surface area contributed by atoms with E-state index in [1.54, 1.807) is 23.5 Å². The van der Waals surface area contributed by atoms with Gasteiger partial charge in [0.25, 0.3) is 5.69 Å². The zero-order chi connectivity index (χ0) is 18.5. The minimum atomic E-state index is -0.458. The lowest BCUT2D eigenvalue weighted by molar-refractivity contribution is -0.384. The first kappa shape index (κ1) is 17.8. The van der Waals surface area contributed by atoms with E-state index >= 15 is 0 Å². The van der Waals surface area contributed by atoms with Gasteiger partial charge in [0.1, 0.15) is 5.01 Å². The largest absolute Gasteiger partial charge is 0.351 e. The van der Waals surface area contributed by atoms with Crippen molar-refractivity contribution in [1.29, 1.82) is 0 Å². The molecule has 1 amide bonds. The van der Waals surface area contributed by atoms with Crippen molar-refractivity contribution in [3.05, 3.63) is 80.8 Å². The van der Waals surface area contributed by atoms with Gasteiger partial charge in [0, 0.05) is 22.6 Å². The van der Waals surface area contributed by atoms with E-state index in [0.717, 1.165) is 26.7 Å². The molecule has 7 heteroatoms. The van der Waals surface area contributed by atoms with Crippen molar-refractivity contribution >= 4 is 22.9 Å². The molecule has 132 valence electrons. The number of nitrogens with one attached hydrogen (secondary N) is 1. The number of thiazole rings is 1. The molecule has 0 saturated carbocycles. The predicted octanol–water partition coefficient (Wildman–Crippen LogP) is 3.89. The van der Waals surface area contributed by atoms with Crippen LogP contribution in [0.5, 0.6) is 0 Å². The second-order valence-corrected chi connectivity index (χ2v) is 6.85. The van der Waals surface area contributed by atoms with Crippen molar-refractivity contribution < 1.29 is 9.72 Å². The fourth-order valence-corrected chi connectivity index (χ4v) is 3.47. The Hall–Kier alpha value is -3.06. The Labute approximate surface area is 154 Å². The third-order valence-corrected chi connectivity index (χ3v) is 5.08. The number of hydrogen-bond donors (Lipinski definition) is 1. The maximum atomic E-state index is 12.1. The third-order valence-electron chi connectivity index (χ3n) is 3.87. The molecule has 0 fully saturated rings. The molecule has 0 aliphatic rings. The van der Waals surface area contributed by atoms with Crippen molar-refractivity contribution in [1.82, 2.24) is 10.3 Å². The molecular formula is C19H17N3O3S. The molecule has 0 unspecified atom stereocenters. The number of rotatable bonds is 6. The van der Waals surface area contributed by atoms with Crippen LogP contribution in [0.2, 0.25) is 0 Å². The van der Waals surface area contributed by atoms with Crippen molar-refractivity contribution in [2.45, 2.75) is 19.9 Å². The summed E-state index contributed by atoms with van der Waals surface area (Å²) in [4.78, 5) is 27.9. The zero-order valence-electron chi connectivity index (χ0n) is 14.1. The van der Waals surface area contributed by atoms with Gasteiger partial charge in [-0.2, -0.15) is 0 Å². The summed E-state index contributed by atoms with van der Waals surface area (Å²) in [6.07, 6.45) is 0.182. The third kappa shape index (κ3) is 4.31. The molecule has 0 atom stereocenters. The molecule has 1 aromatic heterocycles. The molecule has 0 bridgehead atoms. The molecule has 0 saturated heterocycles. The van der Waals surface area contributed by atoms with E-state index in [9.17, 15) is 14.9 Å². The Morgan fingerprint density at radius 2 is 1.85 bits per heavy atom. The van der Waals surface area contributed by atoms with Crippen LogP contribution in [0.4, 0.5) is 5.69 Å². The smallest absolute Gasteiger partial charge is 0.269 e. The van der Waals surface area contributed by atoms with Gasteiger partial charge < -0.3 is 5.32 Å². The van der Waals surface area contributed by atoms with Crippen LogP contribution < -0.4 is 5.32 Å². The summed E-state index contributed by atoms with van der Waals surface area (Å²) >= 11 is 1.57. The highest BCUT2D eigenvalue weighted by Crippen LogP contribution is 2.27. The second kappa shape index (κ2) is 7.88. The number of carbonyl (C=O) groups is 1. The summed E-state index contributed by atoms with van der Waals surface area (Å²) in [7, 11) is 0. The van der Waals surface area contributed by atoms with Gasteiger partial charge in [-0.25, -0.2) is 4.98 Å². The Morgan fingerprint density at radius 3 is 2.50 bits per heavy atom. The fourth-order valence-electron chi connectivity index (χ4n) is 2.46. The van der Waals surface area contributed by atoms with Crippen molar-refractivity contribution in [3.8, 4) is 10.6 Å². The highest BCUT2D eigenvalue weighted by molar-refractivity contribution is 7.15. The monoisotopic (exact) mass is 367 g/mol. The lowest BCUT2D eigenvalue weighted by Gasteiger charge is -2.04. The van der Waals surface area contributed by atoms with Gasteiger partial charge in [0.2, 0.25) is 5.91 Å². The minimum Gasteiger partial charge on any atom is -0.351 e. The minimum absolute atomic E-state index is 0.0166. The molecule has 1 N–H and O–H groups in total. The van der Waals surface area contributed by atoms with Crippen LogP contribution >= 0.6 is 11.3 Å². The van der Waals surface area contributed by atoms with E-state index in [1.807, 2.05) is 37.3 Å². The van der Waals surface area contributed by atoms with E-state index in [-0.39, 0.29) is 18.0 Å². The van der Waals surface area contributed by atoms with Crippen LogP contribution in [0.1, 0.15) is 16.1 Å². The van der Waals surface area contributed by atoms with E-state index in [4.69, 9.17) is 0 Å². The van der Waals surface area contributed by atoms with Crippen LogP contribution in [-0.2, 0) is 17.8 Å². The molecule has 0 radical (unpaired) electrons. The van der Waals surface area contributed by atoms with Crippen molar-refractivity contribution in [3.63, 3.8) is 0 Å². The number of nitro groups is 1. The molecule has 26 heavy (non-hydrogen) atoms. The molecule has 0 aliphatic heterocycles. The summed E-state index contributed by atoms with van der Waals surface area (Å²) in [6, 6.07) is 15.9. The predicted molar refractivity (Wildman–Crippen MR) is 101 cm³/mol. The summed E-state index contributed by atoms with van der Waals surface area (Å²) in [5.41, 5.74) is 2.72. The highest BCUT2D eigenvalue weighted by Gasteiger charge is 2.11. The van der Waals surface area contributed by atoms with E-state index in [0.29, 0.717) is 6.54 Å². The number of carbonyl (C=O) groups excluding carboxylic acids is 1. The highest BCUT2D eigenvalue weighted by atomic mass is 32.1. The normalized spacial score (nSPS) is 10.5. The van der Waals surface area contributed by atoms with Gasteiger partial charge >= 0.3 is 0 Å². The molecular weight excluding hydrogens is 350 g/mol. The fraction of sp³-hybridized carbons (Fsp3) is 0.158. The lowest BCUT2D eigenvalue weighted by atomic mass is 10.1. The Bertz CT molecular complexity index is 921. The first-order chi connectivity index (χ1) is 12.5. The molecule has 0 spiro atoms. The maximum absolute atomic E-state index is 12.1. The van der Waals surface area contributed by atoms with Gasteiger partial charge in [0.15, 0.2) is 0 Å². The number of non-ortho nitro benzene ring substituents is 1. The van der Waals surface area contributed by atoms with Crippen molar-refractivity contribution in [2.24, 2.45) is 0 Å². The van der Waals surface area contributed by atoms with Crippen LogP contribution in [0.25, 0.3) is 10.6 Å². The first-order valence-corrected chi connectivity index (χ1v) is 8.86. The Balaban J connectivity index is 1.59. The van der Waals surface area contributed by atoms with Gasteiger partial charge in [-0.1, -0.05) is 42.5 Å². The molecule has 6 nitrogen and oxygen atoms in total. The summed E-state index contributed by atoms with van der Waals surface area (Å²) < 4.78 is 0. The molecule has 2 aromatic carbocycles. The number of amides is 1. The maximum Gasteiger partial charge on any atom is 0.269 e. The Morgan fingerprint density at radius 1 is 1.15 bits per heavy atom. The second-order valence-electron chi connectivity index (χ2n) is 5.77. The molecule has 1 heterocycles. The summed E-state index contributed by atoms with van der Waals surface area (Å²) in [5, 5.41) is 14.5. The quantitative estimate of drug-likeness (QED) is 0.529. The number of benzene rings is 2. The number of nitro benzene ring substituents is 1. The van der Waals surface area contributed by atoms with Gasteiger partial charge in [-0.3, -0.25) is 14.9 Å². The van der Waals surface area contributed by atoms with Gasteiger partial charge in [-0.05, 0) is 12.5 Å².